The van der Waals surface area contributed by atoms with E-state index in [2.05, 4.69) is 24.1 Å². The molecule has 0 amide bonds. The summed E-state index contributed by atoms with van der Waals surface area (Å²) in [5.74, 6) is 0.825. The van der Waals surface area contributed by atoms with Crippen molar-refractivity contribution in [2.45, 2.75) is 51.4 Å². The first kappa shape index (κ1) is 14.3. The molecule has 1 aliphatic carbocycles. The highest BCUT2D eigenvalue weighted by Crippen LogP contribution is 2.29. The molecule has 0 aromatic carbocycles. The highest BCUT2D eigenvalue weighted by molar-refractivity contribution is 5.17. The normalized spacial score (nSPS) is 25.9. The molecule has 4 heteroatoms. The highest BCUT2D eigenvalue weighted by atomic mass is 16.5. The van der Waals surface area contributed by atoms with Gasteiger partial charge in [-0.15, -0.1) is 0 Å². The van der Waals surface area contributed by atoms with Crippen molar-refractivity contribution in [2.24, 2.45) is 0 Å². The molecule has 1 aromatic heterocycles. The van der Waals surface area contributed by atoms with Gasteiger partial charge in [-0.1, -0.05) is 13.8 Å². The molecule has 0 radical (unpaired) electrons. The monoisotopic (exact) mass is 264 g/mol. The van der Waals surface area contributed by atoms with Crippen LogP contribution in [-0.4, -0.2) is 36.4 Å². The summed E-state index contributed by atoms with van der Waals surface area (Å²) in [7, 11) is 0. The average Bonchev–Trinajstić information content (AvgIpc) is 2.43. The van der Waals surface area contributed by atoms with Crippen LogP contribution in [0.1, 0.15) is 33.1 Å². The predicted octanol–water partition coefficient (Wildman–Crippen LogP) is 2.40. The maximum absolute atomic E-state index is 5.94. The Morgan fingerprint density at radius 2 is 2.26 bits per heavy atom. The van der Waals surface area contributed by atoms with Crippen LogP contribution in [0.3, 0.4) is 0 Å². The minimum atomic E-state index is 0.144. The van der Waals surface area contributed by atoms with Gasteiger partial charge in [0.2, 0.25) is 0 Å². The average molecular weight is 264 g/mol. The number of hydrogen-bond acceptors (Lipinski definition) is 4. The molecule has 1 fully saturated rings. The van der Waals surface area contributed by atoms with Crippen LogP contribution in [0.5, 0.6) is 5.75 Å². The van der Waals surface area contributed by atoms with Crippen molar-refractivity contribution in [1.29, 1.82) is 0 Å². The van der Waals surface area contributed by atoms with Gasteiger partial charge in [0.25, 0.3) is 0 Å². The van der Waals surface area contributed by atoms with Crippen molar-refractivity contribution < 1.29 is 9.47 Å². The maximum atomic E-state index is 5.94. The van der Waals surface area contributed by atoms with Gasteiger partial charge < -0.3 is 14.8 Å². The van der Waals surface area contributed by atoms with Crippen LogP contribution < -0.4 is 10.1 Å². The Bertz CT molecular complexity index is 358. The molecule has 3 unspecified atom stereocenters. The van der Waals surface area contributed by atoms with Crippen LogP contribution in [-0.2, 0) is 4.74 Å². The second kappa shape index (κ2) is 7.46. The molecule has 1 aromatic rings. The fourth-order valence-corrected chi connectivity index (χ4v) is 2.30. The molecule has 106 valence electrons. The Hall–Kier alpha value is -1.13. The van der Waals surface area contributed by atoms with E-state index in [1.165, 1.54) is 0 Å². The van der Waals surface area contributed by atoms with Crippen LogP contribution in [0.4, 0.5) is 0 Å². The summed E-state index contributed by atoms with van der Waals surface area (Å²) < 4.78 is 11.9. The molecule has 19 heavy (non-hydrogen) atoms. The van der Waals surface area contributed by atoms with E-state index in [0.717, 1.165) is 38.2 Å². The van der Waals surface area contributed by atoms with E-state index in [1.54, 1.807) is 12.4 Å². The Labute approximate surface area is 115 Å². The first-order valence-corrected chi connectivity index (χ1v) is 7.26. The van der Waals surface area contributed by atoms with E-state index in [4.69, 9.17) is 9.47 Å². The van der Waals surface area contributed by atoms with Gasteiger partial charge in [-0.05, 0) is 31.5 Å². The number of ether oxygens (including phenoxy) is 2. The first-order valence-electron chi connectivity index (χ1n) is 7.26. The van der Waals surface area contributed by atoms with Crippen LogP contribution in [0, 0.1) is 0 Å². The van der Waals surface area contributed by atoms with E-state index in [-0.39, 0.29) is 12.2 Å². The van der Waals surface area contributed by atoms with Crippen molar-refractivity contribution in [3.63, 3.8) is 0 Å². The number of rotatable bonds is 8. The Morgan fingerprint density at radius 1 is 1.37 bits per heavy atom. The predicted molar refractivity (Wildman–Crippen MR) is 75.4 cm³/mol. The number of hydrogen-bond donors (Lipinski definition) is 1. The summed E-state index contributed by atoms with van der Waals surface area (Å²) in [5.41, 5.74) is 0. The van der Waals surface area contributed by atoms with E-state index in [0.29, 0.717) is 6.04 Å². The molecule has 0 bridgehead atoms. The molecule has 3 atom stereocenters. The zero-order chi connectivity index (χ0) is 13.5. The fourth-order valence-electron chi connectivity index (χ4n) is 2.30. The molecule has 1 aliphatic rings. The molecule has 0 aliphatic heterocycles. The van der Waals surface area contributed by atoms with Crippen molar-refractivity contribution in [3.8, 4) is 5.75 Å². The smallest absolute Gasteiger partial charge is 0.138 e. The summed E-state index contributed by atoms with van der Waals surface area (Å²) in [6, 6.07) is 4.26. The molecular weight excluding hydrogens is 240 g/mol. The highest BCUT2D eigenvalue weighted by Gasteiger charge is 2.43. The first-order chi connectivity index (χ1) is 9.35. The van der Waals surface area contributed by atoms with E-state index < -0.39 is 0 Å². The van der Waals surface area contributed by atoms with Gasteiger partial charge in [0, 0.05) is 25.3 Å². The Kier molecular flexibility index (Phi) is 5.61. The van der Waals surface area contributed by atoms with Crippen LogP contribution in [0.2, 0.25) is 0 Å². The third-order valence-electron chi connectivity index (χ3n) is 3.34. The van der Waals surface area contributed by atoms with Gasteiger partial charge in [-0.25, -0.2) is 0 Å². The summed E-state index contributed by atoms with van der Waals surface area (Å²) in [6.07, 6.45) is 7.00. The molecule has 1 N–H and O–H groups in total. The van der Waals surface area contributed by atoms with Gasteiger partial charge in [0.05, 0.1) is 6.20 Å². The van der Waals surface area contributed by atoms with Gasteiger partial charge in [0.1, 0.15) is 18.0 Å². The van der Waals surface area contributed by atoms with Crippen molar-refractivity contribution in [1.82, 2.24) is 10.3 Å². The number of aromatic nitrogens is 1. The van der Waals surface area contributed by atoms with Crippen molar-refractivity contribution in [2.75, 3.05) is 13.2 Å². The summed E-state index contributed by atoms with van der Waals surface area (Å²) >= 11 is 0. The fraction of sp³-hybridized carbons (Fsp3) is 0.667. The molecule has 1 saturated carbocycles. The third kappa shape index (κ3) is 3.91. The zero-order valence-electron chi connectivity index (χ0n) is 11.8. The minimum absolute atomic E-state index is 0.144. The van der Waals surface area contributed by atoms with Gasteiger partial charge >= 0.3 is 0 Å². The van der Waals surface area contributed by atoms with Gasteiger partial charge in [0.15, 0.2) is 0 Å². The molecular formula is C15H24N2O2. The van der Waals surface area contributed by atoms with Crippen molar-refractivity contribution >= 4 is 0 Å². The summed E-state index contributed by atoms with van der Waals surface area (Å²) in [4.78, 5) is 4.07. The van der Waals surface area contributed by atoms with Gasteiger partial charge in [-0.2, -0.15) is 0 Å². The van der Waals surface area contributed by atoms with E-state index >= 15 is 0 Å². The summed E-state index contributed by atoms with van der Waals surface area (Å²) in [6.45, 7) is 6.14. The molecule has 1 heterocycles. The molecule has 2 rings (SSSR count). The minimum Gasteiger partial charge on any atom is -0.486 e. The number of pyridine rings is 1. The lowest BCUT2D eigenvalue weighted by Crippen LogP contribution is -2.61. The Morgan fingerprint density at radius 3 is 2.95 bits per heavy atom. The lowest BCUT2D eigenvalue weighted by Gasteiger charge is -2.44. The van der Waals surface area contributed by atoms with E-state index in [1.807, 2.05) is 12.1 Å². The number of nitrogens with zero attached hydrogens (tertiary/aromatic N) is 1. The second-order valence-corrected chi connectivity index (χ2v) is 4.98. The largest absolute Gasteiger partial charge is 0.486 e. The SMILES string of the molecule is CCCNC1CC(Oc2cccnc2)C1OCCC. The quantitative estimate of drug-likeness (QED) is 0.783. The topological polar surface area (TPSA) is 43.4 Å². The molecule has 0 spiro atoms. The lowest BCUT2D eigenvalue weighted by molar-refractivity contribution is -0.108. The van der Waals surface area contributed by atoms with Crippen LogP contribution in [0.15, 0.2) is 24.5 Å². The summed E-state index contributed by atoms with van der Waals surface area (Å²) in [5, 5.41) is 3.52. The molecule has 4 nitrogen and oxygen atoms in total. The van der Waals surface area contributed by atoms with Crippen molar-refractivity contribution in [3.05, 3.63) is 24.5 Å². The van der Waals surface area contributed by atoms with Crippen LogP contribution >= 0.6 is 0 Å². The van der Waals surface area contributed by atoms with E-state index in [9.17, 15) is 0 Å². The lowest BCUT2D eigenvalue weighted by atomic mass is 9.85. The second-order valence-electron chi connectivity index (χ2n) is 4.98. The zero-order valence-corrected chi connectivity index (χ0v) is 11.8. The third-order valence-corrected chi connectivity index (χ3v) is 3.34. The van der Waals surface area contributed by atoms with Crippen LogP contribution in [0.25, 0.3) is 0 Å². The van der Waals surface area contributed by atoms with Gasteiger partial charge in [-0.3, -0.25) is 4.98 Å². The molecule has 0 saturated heterocycles. The maximum Gasteiger partial charge on any atom is 0.138 e. The number of nitrogens with one attached hydrogen (secondary N) is 1. The Balaban J connectivity index is 1.86. The standard InChI is InChI=1S/C15H24N2O2/c1-3-7-17-13-10-14(15(13)18-9-4-2)19-12-6-5-8-16-11-12/h5-6,8,11,13-15,17H,3-4,7,9-10H2,1-2H3.